The molecule has 0 unspecified atom stereocenters. The van der Waals surface area contributed by atoms with Gasteiger partial charge in [0, 0.05) is 17.6 Å². The number of carbonyl (C=O) groups is 1. The van der Waals surface area contributed by atoms with Crippen molar-refractivity contribution in [2.45, 2.75) is 58.7 Å². The summed E-state index contributed by atoms with van der Waals surface area (Å²) in [6, 6.07) is 7.06. The second-order valence-electron chi connectivity index (χ2n) is 9.12. The molecule has 1 aliphatic rings. The number of rotatable bonds is 6. The van der Waals surface area contributed by atoms with Gasteiger partial charge >= 0.3 is 6.18 Å². The summed E-state index contributed by atoms with van der Waals surface area (Å²) in [5.41, 5.74) is -0.338. The molecule has 3 aromatic rings. The fraction of sp³-hybridized carbons (Fsp3) is 0.480. The summed E-state index contributed by atoms with van der Waals surface area (Å²) in [4.78, 5) is 16.2. The van der Waals surface area contributed by atoms with Crippen LogP contribution in [0.25, 0.3) is 10.9 Å². The first kappa shape index (κ1) is 24.0. The van der Waals surface area contributed by atoms with E-state index < -0.39 is 17.8 Å². The maximum Gasteiger partial charge on any atom is 0.433 e. The molecule has 2 aromatic heterocycles. The molecule has 0 aliphatic heterocycles. The van der Waals surface area contributed by atoms with E-state index in [4.69, 9.17) is 9.84 Å². The van der Waals surface area contributed by atoms with Crippen molar-refractivity contribution < 1.29 is 22.7 Å². The lowest BCUT2D eigenvalue weighted by Gasteiger charge is -2.30. The zero-order valence-electron chi connectivity index (χ0n) is 19.5. The summed E-state index contributed by atoms with van der Waals surface area (Å²) >= 11 is 0. The minimum atomic E-state index is -4.63. The average molecular weight is 475 g/mol. The number of benzene rings is 1. The zero-order chi connectivity index (χ0) is 24.5. The molecule has 1 saturated carbocycles. The molecule has 1 aliphatic carbocycles. The van der Waals surface area contributed by atoms with Crippen LogP contribution in [0.1, 0.15) is 68.7 Å². The Morgan fingerprint density at radius 2 is 1.94 bits per heavy atom. The number of amides is 1. The standard InChI is InChI=1S/C25H29F3N4O2/c1-4-34-22-13-20-17(14-32(31-20)18-10-8-16(9-11-18)15(2)3)12-21(22)30-24(33)19-6-5-7-23(29-19)25(26,27)28/h5-7,12-16,18H,4,8-11H2,1-3H3,(H,30,33)/t16-,18-. The first-order chi connectivity index (χ1) is 16.2. The topological polar surface area (TPSA) is 69.0 Å². The largest absolute Gasteiger partial charge is 0.492 e. The van der Waals surface area contributed by atoms with Crippen LogP contribution in [0.4, 0.5) is 18.9 Å². The average Bonchev–Trinajstić information content (AvgIpc) is 3.22. The molecule has 182 valence electrons. The second kappa shape index (κ2) is 9.64. The van der Waals surface area contributed by atoms with Gasteiger partial charge in [-0.25, -0.2) is 4.98 Å². The van der Waals surface area contributed by atoms with Crippen LogP contribution in [0.3, 0.4) is 0 Å². The molecular formula is C25H29F3N4O2. The third-order valence-electron chi connectivity index (χ3n) is 6.50. The zero-order valence-corrected chi connectivity index (χ0v) is 19.5. The van der Waals surface area contributed by atoms with Crippen molar-refractivity contribution in [3.63, 3.8) is 0 Å². The van der Waals surface area contributed by atoms with E-state index in [-0.39, 0.29) is 5.69 Å². The molecule has 1 aromatic carbocycles. The third kappa shape index (κ3) is 5.18. The number of halogens is 3. The molecule has 1 amide bonds. The summed E-state index contributed by atoms with van der Waals surface area (Å²) in [6.07, 6.45) is 1.82. The Kier molecular flexibility index (Phi) is 6.81. The number of pyridine rings is 1. The number of alkyl halides is 3. The Balaban J connectivity index is 1.59. The van der Waals surface area contributed by atoms with Crippen LogP contribution in [-0.2, 0) is 6.18 Å². The SMILES string of the molecule is CCOc1cc2nn([C@H]3CC[C@H](C(C)C)CC3)cc2cc1NC(=O)c1cccc(C(F)(F)F)n1. The maximum absolute atomic E-state index is 13.0. The summed E-state index contributed by atoms with van der Waals surface area (Å²) in [6.45, 7) is 6.71. The Bertz CT molecular complexity index is 1160. The summed E-state index contributed by atoms with van der Waals surface area (Å²) in [5, 5.41) is 8.23. The monoisotopic (exact) mass is 474 g/mol. The number of carbonyl (C=O) groups excluding carboxylic acids is 1. The molecule has 0 spiro atoms. The molecule has 1 N–H and O–H groups in total. The van der Waals surface area contributed by atoms with E-state index in [2.05, 4.69) is 24.1 Å². The number of aromatic nitrogens is 3. The number of nitrogens with one attached hydrogen (secondary N) is 1. The Labute approximate surface area is 196 Å². The fourth-order valence-electron chi connectivity index (χ4n) is 4.57. The van der Waals surface area contributed by atoms with Crippen LogP contribution in [0.5, 0.6) is 5.75 Å². The molecule has 9 heteroatoms. The highest BCUT2D eigenvalue weighted by molar-refractivity contribution is 6.05. The molecule has 0 radical (unpaired) electrons. The lowest BCUT2D eigenvalue weighted by molar-refractivity contribution is -0.141. The lowest BCUT2D eigenvalue weighted by Crippen LogP contribution is -2.21. The van der Waals surface area contributed by atoms with Crippen LogP contribution >= 0.6 is 0 Å². The van der Waals surface area contributed by atoms with E-state index in [1.807, 2.05) is 17.8 Å². The molecule has 4 rings (SSSR count). The van der Waals surface area contributed by atoms with Crippen molar-refractivity contribution in [2.24, 2.45) is 11.8 Å². The summed E-state index contributed by atoms with van der Waals surface area (Å²) in [7, 11) is 0. The van der Waals surface area contributed by atoms with Gasteiger partial charge in [0.05, 0.1) is 23.9 Å². The number of anilines is 1. The highest BCUT2D eigenvalue weighted by Gasteiger charge is 2.33. The molecular weight excluding hydrogens is 445 g/mol. The van der Waals surface area contributed by atoms with Gasteiger partial charge in [0.15, 0.2) is 0 Å². The van der Waals surface area contributed by atoms with E-state index in [0.717, 1.165) is 41.8 Å². The van der Waals surface area contributed by atoms with Gasteiger partial charge in [-0.2, -0.15) is 18.3 Å². The molecule has 0 atom stereocenters. The van der Waals surface area contributed by atoms with Gasteiger partial charge in [-0.1, -0.05) is 19.9 Å². The molecule has 34 heavy (non-hydrogen) atoms. The van der Waals surface area contributed by atoms with Gasteiger partial charge in [-0.3, -0.25) is 9.48 Å². The fourth-order valence-corrected chi connectivity index (χ4v) is 4.57. The Morgan fingerprint density at radius 3 is 2.59 bits per heavy atom. The van der Waals surface area contributed by atoms with Crippen LogP contribution in [-0.4, -0.2) is 27.3 Å². The van der Waals surface area contributed by atoms with Crippen LogP contribution in [0, 0.1) is 11.8 Å². The van der Waals surface area contributed by atoms with E-state index in [1.54, 1.807) is 12.1 Å². The number of hydrogen-bond donors (Lipinski definition) is 1. The Morgan fingerprint density at radius 1 is 1.21 bits per heavy atom. The van der Waals surface area contributed by atoms with Gasteiger partial charge in [0.2, 0.25) is 0 Å². The van der Waals surface area contributed by atoms with Crippen LogP contribution < -0.4 is 10.1 Å². The van der Waals surface area contributed by atoms with Crippen LogP contribution in [0.2, 0.25) is 0 Å². The van der Waals surface area contributed by atoms with Crippen molar-refractivity contribution in [3.8, 4) is 5.75 Å². The van der Waals surface area contributed by atoms with Crippen molar-refractivity contribution in [1.29, 1.82) is 0 Å². The number of ether oxygens (including phenoxy) is 1. The number of fused-ring (bicyclic) bond motifs is 1. The predicted octanol–water partition coefficient (Wildman–Crippen LogP) is 6.49. The van der Waals surface area contributed by atoms with Crippen molar-refractivity contribution in [3.05, 3.63) is 47.9 Å². The van der Waals surface area contributed by atoms with Gasteiger partial charge in [-0.05, 0) is 62.6 Å². The maximum atomic E-state index is 13.0. The molecule has 0 saturated heterocycles. The van der Waals surface area contributed by atoms with E-state index >= 15 is 0 Å². The second-order valence-corrected chi connectivity index (χ2v) is 9.12. The van der Waals surface area contributed by atoms with Gasteiger partial charge in [0.1, 0.15) is 17.1 Å². The summed E-state index contributed by atoms with van der Waals surface area (Å²) < 4.78 is 46.7. The van der Waals surface area contributed by atoms with Gasteiger partial charge in [0.25, 0.3) is 5.91 Å². The lowest BCUT2D eigenvalue weighted by atomic mass is 9.80. The number of hydrogen-bond acceptors (Lipinski definition) is 4. The molecule has 2 heterocycles. The smallest absolute Gasteiger partial charge is 0.433 e. The highest BCUT2D eigenvalue weighted by atomic mass is 19.4. The predicted molar refractivity (Wildman–Crippen MR) is 124 cm³/mol. The van der Waals surface area contributed by atoms with Crippen molar-refractivity contribution in [2.75, 3.05) is 11.9 Å². The van der Waals surface area contributed by atoms with Crippen molar-refractivity contribution >= 4 is 22.5 Å². The first-order valence-electron chi connectivity index (χ1n) is 11.7. The minimum Gasteiger partial charge on any atom is -0.492 e. The first-order valence-corrected chi connectivity index (χ1v) is 11.7. The molecule has 6 nitrogen and oxygen atoms in total. The highest BCUT2D eigenvalue weighted by Crippen LogP contribution is 2.37. The van der Waals surface area contributed by atoms with Gasteiger partial charge < -0.3 is 10.1 Å². The van der Waals surface area contributed by atoms with E-state index in [0.29, 0.717) is 30.0 Å². The minimum absolute atomic E-state index is 0.324. The summed E-state index contributed by atoms with van der Waals surface area (Å²) in [5.74, 6) is 1.09. The number of nitrogens with zero attached hydrogens (tertiary/aromatic N) is 3. The quantitative estimate of drug-likeness (QED) is 0.443. The Hall–Kier alpha value is -3.10. The van der Waals surface area contributed by atoms with Crippen molar-refractivity contribution in [1.82, 2.24) is 14.8 Å². The molecule has 0 bridgehead atoms. The third-order valence-corrected chi connectivity index (χ3v) is 6.50. The van der Waals surface area contributed by atoms with E-state index in [1.165, 1.54) is 18.9 Å². The van der Waals surface area contributed by atoms with Gasteiger partial charge in [-0.15, -0.1) is 0 Å². The van der Waals surface area contributed by atoms with Crippen LogP contribution in [0.15, 0.2) is 36.5 Å². The molecule has 1 fully saturated rings. The normalized spacial score (nSPS) is 18.9. The van der Waals surface area contributed by atoms with E-state index in [9.17, 15) is 18.0 Å².